The van der Waals surface area contributed by atoms with Crippen LogP contribution in [0.2, 0.25) is 0 Å². The lowest BCUT2D eigenvalue weighted by molar-refractivity contribution is -0.126. The molecule has 1 fully saturated rings. The summed E-state index contributed by atoms with van der Waals surface area (Å²) in [5.74, 6) is 3.99. The molecule has 1 aliphatic rings. The molecule has 0 bridgehead atoms. The molecule has 1 heterocycles. The molecule has 0 aliphatic carbocycles. The molecule has 2 aromatic carbocycles. The van der Waals surface area contributed by atoms with Crippen molar-refractivity contribution in [2.45, 2.75) is 18.2 Å². The smallest absolute Gasteiger partial charge is 0.242 e. The van der Waals surface area contributed by atoms with Gasteiger partial charge in [0.2, 0.25) is 5.91 Å². The Morgan fingerprint density at radius 1 is 1.11 bits per heavy atom. The summed E-state index contributed by atoms with van der Waals surface area (Å²) >= 11 is 6.88. The number of hydrogen-bond acceptors (Lipinski definition) is 5. The molecule has 2 aromatic rings. The van der Waals surface area contributed by atoms with Crippen molar-refractivity contribution in [2.75, 3.05) is 13.7 Å². The topological polar surface area (TPSA) is 38.8 Å². The summed E-state index contributed by atoms with van der Waals surface area (Å²) in [6.07, 6.45) is 5.81. The van der Waals surface area contributed by atoms with Gasteiger partial charge in [-0.05, 0) is 41.8 Å². The van der Waals surface area contributed by atoms with Gasteiger partial charge in [0.1, 0.15) is 22.4 Å². The zero-order chi connectivity index (χ0) is 19.2. The largest absolute Gasteiger partial charge is 0.497 e. The van der Waals surface area contributed by atoms with Crippen LogP contribution in [0.5, 0.6) is 11.5 Å². The van der Waals surface area contributed by atoms with Crippen LogP contribution in [0.25, 0.3) is 0 Å². The molecule has 0 aromatic heterocycles. The number of methoxy groups -OCH3 is 1. The highest BCUT2D eigenvalue weighted by Crippen LogP contribution is 2.31. The van der Waals surface area contributed by atoms with Crippen molar-refractivity contribution in [3.8, 4) is 23.8 Å². The number of amides is 1. The summed E-state index contributed by atoms with van der Waals surface area (Å²) in [5.41, 5.74) is 2.07. The monoisotopic (exact) mass is 397 g/mol. The molecule has 0 unspecified atom stereocenters. The molecule has 138 valence electrons. The zero-order valence-corrected chi connectivity index (χ0v) is 16.5. The number of rotatable bonds is 7. The molecule has 1 amide bonds. The first-order valence-corrected chi connectivity index (χ1v) is 9.69. The van der Waals surface area contributed by atoms with Gasteiger partial charge in [-0.2, -0.15) is 0 Å². The van der Waals surface area contributed by atoms with Crippen molar-refractivity contribution in [2.24, 2.45) is 0 Å². The Hall–Kier alpha value is -2.49. The van der Waals surface area contributed by atoms with Crippen LogP contribution in [-0.4, -0.2) is 34.1 Å². The van der Waals surface area contributed by atoms with Crippen LogP contribution in [0.3, 0.4) is 0 Å². The van der Waals surface area contributed by atoms with E-state index in [-0.39, 0.29) is 17.8 Å². The van der Waals surface area contributed by atoms with E-state index in [1.807, 2.05) is 48.5 Å². The molecule has 1 saturated heterocycles. The summed E-state index contributed by atoms with van der Waals surface area (Å²) in [6, 6.07) is 15.3. The van der Waals surface area contributed by atoms with E-state index < -0.39 is 0 Å². The summed E-state index contributed by atoms with van der Waals surface area (Å²) in [4.78, 5) is 14.5. The molecule has 0 saturated carbocycles. The van der Waals surface area contributed by atoms with E-state index in [2.05, 4.69) is 5.92 Å². The lowest BCUT2D eigenvalue weighted by Gasteiger charge is -2.16. The Morgan fingerprint density at radius 3 is 2.37 bits per heavy atom. The van der Waals surface area contributed by atoms with E-state index in [1.54, 1.807) is 12.0 Å². The minimum absolute atomic E-state index is 0.0495. The number of hydrogen-bond donors (Lipinski definition) is 0. The molecule has 3 rings (SSSR count). The Morgan fingerprint density at radius 2 is 1.74 bits per heavy atom. The second-order valence-electron chi connectivity index (χ2n) is 5.99. The Bertz CT molecular complexity index is 856. The zero-order valence-electron chi connectivity index (χ0n) is 14.9. The minimum Gasteiger partial charge on any atom is -0.497 e. The third kappa shape index (κ3) is 4.82. The number of terminal acetylenes is 1. The van der Waals surface area contributed by atoms with Gasteiger partial charge >= 0.3 is 0 Å². The molecular weight excluding hydrogens is 378 g/mol. The molecule has 1 aliphatic heterocycles. The van der Waals surface area contributed by atoms with Gasteiger partial charge < -0.3 is 9.47 Å². The van der Waals surface area contributed by atoms with Crippen LogP contribution in [0.1, 0.15) is 11.1 Å². The van der Waals surface area contributed by atoms with Gasteiger partial charge in [0.15, 0.2) is 0 Å². The van der Waals surface area contributed by atoms with Crippen molar-refractivity contribution in [3.63, 3.8) is 0 Å². The molecule has 0 N–H and O–H groups in total. The van der Waals surface area contributed by atoms with Crippen LogP contribution in [-0.2, 0) is 17.8 Å². The maximum absolute atomic E-state index is 12.8. The Kier molecular flexibility index (Phi) is 6.38. The fourth-order valence-corrected chi connectivity index (χ4v) is 4.28. The highest BCUT2D eigenvalue weighted by molar-refractivity contribution is 8.24. The molecule has 1 atom stereocenters. The molecule has 4 nitrogen and oxygen atoms in total. The first-order valence-electron chi connectivity index (χ1n) is 8.41. The highest BCUT2D eigenvalue weighted by atomic mass is 32.2. The van der Waals surface area contributed by atoms with Crippen LogP contribution in [0.15, 0.2) is 48.5 Å². The normalized spacial score (nSPS) is 16.3. The van der Waals surface area contributed by atoms with Crippen molar-refractivity contribution < 1.29 is 14.3 Å². The summed E-state index contributed by atoms with van der Waals surface area (Å²) < 4.78 is 11.2. The molecule has 0 radical (unpaired) electrons. The van der Waals surface area contributed by atoms with E-state index in [0.29, 0.717) is 17.3 Å². The lowest BCUT2D eigenvalue weighted by atomic mass is 10.1. The van der Waals surface area contributed by atoms with Crippen molar-refractivity contribution >= 4 is 34.2 Å². The van der Waals surface area contributed by atoms with Crippen LogP contribution < -0.4 is 9.47 Å². The third-order valence-corrected chi connectivity index (χ3v) is 5.76. The fourth-order valence-electron chi connectivity index (χ4n) is 2.75. The number of thiocarbonyl (C=S) groups is 1. The van der Waals surface area contributed by atoms with Gasteiger partial charge in [-0.1, -0.05) is 54.2 Å². The number of thioether (sulfide) groups is 1. The van der Waals surface area contributed by atoms with Gasteiger partial charge in [0.25, 0.3) is 0 Å². The van der Waals surface area contributed by atoms with Gasteiger partial charge in [-0.15, -0.1) is 6.42 Å². The van der Waals surface area contributed by atoms with E-state index >= 15 is 0 Å². The Balaban J connectivity index is 1.62. The van der Waals surface area contributed by atoms with Crippen LogP contribution >= 0.6 is 24.0 Å². The lowest BCUT2D eigenvalue weighted by Crippen LogP contribution is -2.31. The first kappa shape index (κ1) is 19.3. The first-order chi connectivity index (χ1) is 13.1. The standard InChI is InChI=1S/C21H19NO3S2/c1-3-12-25-18-10-4-15(5-11-18)13-19-20(23)22(21(26)27-19)14-16-6-8-17(24-2)9-7-16/h1,4-11,19H,12-14H2,2H3/t19-/m1/s1. The molecular formula is C21H19NO3S2. The summed E-state index contributed by atoms with van der Waals surface area (Å²) in [6.45, 7) is 0.717. The van der Waals surface area contributed by atoms with Gasteiger partial charge in [0.05, 0.1) is 18.9 Å². The minimum atomic E-state index is -0.201. The quantitative estimate of drug-likeness (QED) is 0.526. The Labute approximate surface area is 168 Å². The summed E-state index contributed by atoms with van der Waals surface area (Å²) in [7, 11) is 1.63. The van der Waals surface area contributed by atoms with Crippen LogP contribution in [0, 0.1) is 12.3 Å². The SMILES string of the molecule is C#CCOc1ccc(C[C@H]2SC(=S)N(Cc3ccc(OC)cc3)C2=O)cc1. The molecule has 6 heteroatoms. The highest BCUT2D eigenvalue weighted by Gasteiger charge is 2.36. The van der Waals surface area contributed by atoms with Gasteiger partial charge in [-0.25, -0.2) is 0 Å². The maximum Gasteiger partial charge on any atom is 0.242 e. The molecule has 0 spiro atoms. The van der Waals surface area contributed by atoms with Crippen molar-refractivity contribution in [1.82, 2.24) is 4.90 Å². The predicted molar refractivity (Wildman–Crippen MR) is 112 cm³/mol. The number of benzene rings is 2. The summed E-state index contributed by atoms with van der Waals surface area (Å²) in [5, 5.41) is -0.201. The van der Waals surface area contributed by atoms with E-state index in [9.17, 15) is 4.79 Å². The average Bonchev–Trinajstić information content (AvgIpc) is 2.95. The fraction of sp³-hybridized carbons (Fsp3) is 0.238. The number of carbonyl (C=O) groups excluding carboxylic acids is 1. The average molecular weight is 398 g/mol. The number of carbonyl (C=O) groups is 1. The van der Waals surface area contributed by atoms with E-state index in [0.717, 1.165) is 22.6 Å². The van der Waals surface area contributed by atoms with Gasteiger partial charge in [-0.3, -0.25) is 9.69 Å². The predicted octanol–water partition coefficient (Wildman–Crippen LogP) is 3.68. The maximum atomic E-state index is 12.8. The molecule has 27 heavy (non-hydrogen) atoms. The van der Waals surface area contributed by atoms with E-state index in [4.69, 9.17) is 28.1 Å². The third-order valence-electron chi connectivity index (χ3n) is 4.17. The second kappa shape index (κ2) is 8.94. The van der Waals surface area contributed by atoms with Crippen LogP contribution in [0.4, 0.5) is 0 Å². The van der Waals surface area contributed by atoms with Gasteiger partial charge in [0, 0.05) is 0 Å². The van der Waals surface area contributed by atoms with Crippen molar-refractivity contribution in [1.29, 1.82) is 0 Å². The number of nitrogens with zero attached hydrogens (tertiary/aromatic N) is 1. The van der Waals surface area contributed by atoms with E-state index in [1.165, 1.54) is 11.8 Å². The number of ether oxygens (including phenoxy) is 2. The van der Waals surface area contributed by atoms with Crippen molar-refractivity contribution in [3.05, 3.63) is 59.7 Å². The second-order valence-corrected chi connectivity index (χ2v) is 7.82.